The summed E-state index contributed by atoms with van der Waals surface area (Å²) in [5, 5.41) is 0. The first-order valence-electron chi connectivity index (χ1n) is 5.72. The smallest absolute Gasteiger partial charge is 0.243 e. The molecule has 0 aliphatic heterocycles. The minimum Gasteiger partial charge on any atom is -0.329 e. The van der Waals surface area contributed by atoms with Crippen LogP contribution in [0.15, 0.2) is 17.0 Å². The topological polar surface area (TPSA) is 72.2 Å². The minimum absolute atomic E-state index is 0.0647. The molecule has 106 valence electrons. The summed E-state index contributed by atoms with van der Waals surface area (Å²) in [4.78, 5) is -0.912. The van der Waals surface area contributed by atoms with E-state index < -0.39 is 38.4 Å². The molecule has 1 aromatic carbocycles. The standard InChI is InChI=1S/C11H13F3N2O2S/c12-7-3-4-9(11(14)10(7)13)19(17,18)16-8(5-15)6-1-2-6/h3-4,6,8,16H,1-2,5,15H2. The summed E-state index contributed by atoms with van der Waals surface area (Å²) in [5.74, 6) is -4.85. The molecule has 3 N–H and O–H groups in total. The fraction of sp³-hybridized carbons (Fsp3) is 0.455. The lowest BCUT2D eigenvalue weighted by atomic mass is 10.2. The number of nitrogens with two attached hydrogens (primary N) is 1. The molecule has 1 fully saturated rings. The highest BCUT2D eigenvalue weighted by molar-refractivity contribution is 7.89. The van der Waals surface area contributed by atoms with E-state index in [4.69, 9.17) is 5.73 Å². The predicted octanol–water partition coefficient (Wildman–Crippen LogP) is 1.12. The van der Waals surface area contributed by atoms with Crippen LogP contribution in [0.2, 0.25) is 0 Å². The molecule has 1 saturated carbocycles. The first kappa shape index (κ1) is 14.3. The molecule has 0 aromatic heterocycles. The number of hydrogen-bond donors (Lipinski definition) is 2. The summed E-state index contributed by atoms with van der Waals surface area (Å²) >= 11 is 0. The highest BCUT2D eigenvalue weighted by atomic mass is 32.2. The van der Waals surface area contributed by atoms with Gasteiger partial charge in [0.1, 0.15) is 4.90 Å². The van der Waals surface area contributed by atoms with E-state index in [1.54, 1.807) is 0 Å². The molecule has 1 aromatic rings. The van der Waals surface area contributed by atoms with Gasteiger partial charge in [-0.15, -0.1) is 0 Å². The van der Waals surface area contributed by atoms with Gasteiger partial charge in [-0.05, 0) is 30.9 Å². The van der Waals surface area contributed by atoms with Crippen molar-refractivity contribution in [3.05, 3.63) is 29.6 Å². The number of halogens is 3. The van der Waals surface area contributed by atoms with Crippen LogP contribution in [0, 0.1) is 23.4 Å². The van der Waals surface area contributed by atoms with E-state index >= 15 is 0 Å². The van der Waals surface area contributed by atoms with E-state index in [1.807, 2.05) is 0 Å². The molecule has 1 aliphatic rings. The normalized spacial score (nSPS) is 17.5. The SMILES string of the molecule is NCC(NS(=O)(=O)c1ccc(F)c(F)c1F)C1CC1. The molecule has 0 amide bonds. The van der Waals surface area contributed by atoms with E-state index in [9.17, 15) is 21.6 Å². The Morgan fingerprint density at radius 1 is 1.26 bits per heavy atom. The molecule has 1 aliphatic carbocycles. The van der Waals surface area contributed by atoms with Gasteiger partial charge < -0.3 is 5.73 Å². The molecule has 0 saturated heterocycles. The van der Waals surface area contributed by atoms with Gasteiger partial charge in [-0.2, -0.15) is 0 Å². The van der Waals surface area contributed by atoms with Gasteiger partial charge in [0.2, 0.25) is 10.0 Å². The monoisotopic (exact) mass is 294 g/mol. The Morgan fingerprint density at radius 3 is 2.42 bits per heavy atom. The summed E-state index contributed by atoms with van der Waals surface area (Å²) in [7, 11) is -4.26. The van der Waals surface area contributed by atoms with Crippen molar-refractivity contribution in [1.82, 2.24) is 4.72 Å². The maximum Gasteiger partial charge on any atom is 0.243 e. The van der Waals surface area contributed by atoms with Crippen LogP contribution < -0.4 is 10.5 Å². The Morgan fingerprint density at radius 2 is 1.89 bits per heavy atom. The second-order valence-corrected chi connectivity index (χ2v) is 6.16. The number of nitrogens with one attached hydrogen (secondary N) is 1. The lowest BCUT2D eigenvalue weighted by Crippen LogP contribution is -2.42. The number of sulfonamides is 1. The zero-order chi connectivity index (χ0) is 14.2. The van der Waals surface area contributed by atoms with Crippen LogP contribution >= 0.6 is 0 Å². The van der Waals surface area contributed by atoms with E-state index in [0.717, 1.165) is 12.8 Å². The Kier molecular flexibility index (Phi) is 3.84. The fourth-order valence-electron chi connectivity index (χ4n) is 1.81. The number of rotatable bonds is 5. The van der Waals surface area contributed by atoms with Gasteiger partial charge in [-0.25, -0.2) is 26.3 Å². The van der Waals surface area contributed by atoms with Crippen molar-refractivity contribution >= 4 is 10.0 Å². The molecule has 19 heavy (non-hydrogen) atoms. The van der Waals surface area contributed by atoms with Gasteiger partial charge in [0.25, 0.3) is 0 Å². The quantitative estimate of drug-likeness (QED) is 0.799. The first-order valence-corrected chi connectivity index (χ1v) is 7.21. The second kappa shape index (κ2) is 5.10. The molecule has 8 heteroatoms. The van der Waals surface area contributed by atoms with Crippen LogP contribution in [0.4, 0.5) is 13.2 Å². The van der Waals surface area contributed by atoms with Gasteiger partial charge in [0.15, 0.2) is 17.5 Å². The third-order valence-corrected chi connectivity index (χ3v) is 4.55. The van der Waals surface area contributed by atoms with E-state index in [0.29, 0.717) is 12.1 Å². The van der Waals surface area contributed by atoms with Crippen molar-refractivity contribution < 1.29 is 21.6 Å². The van der Waals surface area contributed by atoms with Crippen LogP contribution in [0.3, 0.4) is 0 Å². The summed E-state index contributed by atoms with van der Waals surface area (Å²) < 4.78 is 65.3. The van der Waals surface area contributed by atoms with E-state index in [-0.39, 0.29) is 12.5 Å². The van der Waals surface area contributed by atoms with Crippen molar-refractivity contribution in [3.63, 3.8) is 0 Å². The van der Waals surface area contributed by atoms with Crippen LogP contribution in [0.5, 0.6) is 0 Å². The van der Waals surface area contributed by atoms with Gasteiger partial charge >= 0.3 is 0 Å². The average molecular weight is 294 g/mol. The minimum atomic E-state index is -4.26. The number of hydrogen-bond acceptors (Lipinski definition) is 3. The first-order chi connectivity index (χ1) is 8.86. The van der Waals surface area contributed by atoms with Crippen molar-refractivity contribution in [2.45, 2.75) is 23.8 Å². The molecule has 0 spiro atoms. The molecule has 0 radical (unpaired) electrons. The second-order valence-electron chi connectivity index (χ2n) is 4.47. The van der Waals surface area contributed by atoms with Crippen molar-refractivity contribution in [1.29, 1.82) is 0 Å². The van der Waals surface area contributed by atoms with Crippen molar-refractivity contribution in [2.24, 2.45) is 11.7 Å². The van der Waals surface area contributed by atoms with Crippen LogP contribution in [0.25, 0.3) is 0 Å². The molecule has 1 atom stereocenters. The largest absolute Gasteiger partial charge is 0.329 e. The Bertz CT molecular complexity index is 588. The third-order valence-electron chi connectivity index (χ3n) is 3.04. The van der Waals surface area contributed by atoms with Crippen LogP contribution in [-0.2, 0) is 10.0 Å². The highest BCUT2D eigenvalue weighted by Gasteiger charge is 2.34. The fourth-order valence-corrected chi connectivity index (χ4v) is 3.20. The van der Waals surface area contributed by atoms with Crippen molar-refractivity contribution in [2.75, 3.05) is 6.54 Å². The third kappa shape index (κ3) is 2.90. The number of benzene rings is 1. The average Bonchev–Trinajstić information content (AvgIpc) is 3.17. The van der Waals surface area contributed by atoms with Gasteiger partial charge in [0.05, 0.1) is 0 Å². The maximum atomic E-state index is 13.5. The zero-order valence-corrected chi connectivity index (χ0v) is 10.7. The van der Waals surface area contributed by atoms with E-state index in [1.165, 1.54) is 0 Å². The summed E-state index contributed by atoms with van der Waals surface area (Å²) in [5.41, 5.74) is 5.44. The maximum absolute atomic E-state index is 13.5. The summed E-state index contributed by atoms with van der Waals surface area (Å²) in [6.07, 6.45) is 1.68. The van der Waals surface area contributed by atoms with Crippen LogP contribution in [0.1, 0.15) is 12.8 Å². The lowest BCUT2D eigenvalue weighted by molar-refractivity contribution is 0.430. The predicted molar refractivity (Wildman–Crippen MR) is 62.2 cm³/mol. The molecular formula is C11H13F3N2O2S. The Balaban J connectivity index is 2.31. The van der Waals surface area contributed by atoms with E-state index in [2.05, 4.69) is 4.72 Å². The molecule has 4 nitrogen and oxygen atoms in total. The van der Waals surface area contributed by atoms with Crippen LogP contribution in [-0.4, -0.2) is 21.0 Å². The van der Waals surface area contributed by atoms with Crippen molar-refractivity contribution in [3.8, 4) is 0 Å². The Labute approximate surface area is 108 Å². The molecular weight excluding hydrogens is 281 g/mol. The molecule has 0 bridgehead atoms. The zero-order valence-electron chi connectivity index (χ0n) is 9.87. The highest BCUT2D eigenvalue weighted by Crippen LogP contribution is 2.33. The Hall–Kier alpha value is -1.12. The van der Waals surface area contributed by atoms with Gasteiger partial charge in [0, 0.05) is 12.6 Å². The van der Waals surface area contributed by atoms with Gasteiger partial charge in [-0.1, -0.05) is 0 Å². The molecule has 2 rings (SSSR count). The summed E-state index contributed by atoms with van der Waals surface area (Å²) in [6.45, 7) is 0.0647. The molecule has 0 heterocycles. The summed E-state index contributed by atoms with van der Waals surface area (Å²) in [6, 6.07) is 0.746. The lowest BCUT2D eigenvalue weighted by Gasteiger charge is -2.16. The van der Waals surface area contributed by atoms with Gasteiger partial charge in [-0.3, -0.25) is 0 Å². The molecule has 1 unspecified atom stereocenters.